The van der Waals surface area contributed by atoms with Crippen molar-refractivity contribution in [2.75, 3.05) is 6.54 Å². The minimum atomic E-state index is -1.12. The number of carboxylic acid groups (broad SMARTS) is 1. The first kappa shape index (κ1) is 16.1. The maximum absolute atomic E-state index is 13.5. The molecule has 3 N–H and O–H groups in total. The quantitative estimate of drug-likeness (QED) is 0.736. The van der Waals surface area contributed by atoms with E-state index < -0.39 is 17.9 Å². The fourth-order valence-corrected chi connectivity index (χ4v) is 1.74. The summed E-state index contributed by atoms with van der Waals surface area (Å²) in [5, 5.41) is 14.3. The van der Waals surface area contributed by atoms with Crippen LogP contribution in [0.3, 0.4) is 0 Å². The van der Waals surface area contributed by atoms with E-state index in [0.29, 0.717) is 5.56 Å². The summed E-state index contributed by atoms with van der Waals surface area (Å²) < 4.78 is 13.5. The van der Waals surface area contributed by atoms with Gasteiger partial charge in [0.05, 0.1) is 0 Å². The zero-order valence-electron chi connectivity index (χ0n) is 11.7. The van der Waals surface area contributed by atoms with Crippen molar-refractivity contribution in [1.82, 2.24) is 10.6 Å². The highest BCUT2D eigenvalue weighted by Gasteiger charge is 2.19. The summed E-state index contributed by atoms with van der Waals surface area (Å²) >= 11 is 0. The van der Waals surface area contributed by atoms with E-state index in [4.69, 9.17) is 5.11 Å². The standard InChI is InChI=1S/C14H19FN2O3/c1-8-4-5-11(6-12(8)15)9(2)16-7-13(14(19)20)17-10(3)18/h4-6,9,13,16H,7H2,1-3H3,(H,17,18)(H,19,20). The number of carboxylic acids is 1. The summed E-state index contributed by atoms with van der Waals surface area (Å²) in [5.41, 5.74) is 1.28. The number of nitrogens with one attached hydrogen (secondary N) is 2. The summed E-state index contributed by atoms with van der Waals surface area (Å²) in [7, 11) is 0. The van der Waals surface area contributed by atoms with Gasteiger partial charge in [0.2, 0.25) is 5.91 Å². The second-order valence-electron chi connectivity index (χ2n) is 4.73. The van der Waals surface area contributed by atoms with Crippen LogP contribution in [0.25, 0.3) is 0 Å². The summed E-state index contributed by atoms with van der Waals surface area (Å²) in [6, 6.07) is 3.64. The largest absolute Gasteiger partial charge is 0.480 e. The molecule has 0 aliphatic carbocycles. The fraction of sp³-hybridized carbons (Fsp3) is 0.429. The Bertz CT molecular complexity index is 505. The summed E-state index contributed by atoms with van der Waals surface area (Å²) in [4.78, 5) is 21.9. The van der Waals surface area contributed by atoms with Gasteiger partial charge in [0.25, 0.3) is 0 Å². The predicted octanol–water partition coefficient (Wildman–Crippen LogP) is 1.37. The van der Waals surface area contributed by atoms with E-state index in [-0.39, 0.29) is 18.4 Å². The van der Waals surface area contributed by atoms with Gasteiger partial charge in [-0.3, -0.25) is 4.79 Å². The molecule has 6 heteroatoms. The number of benzene rings is 1. The lowest BCUT2D eigenvalue weighted by Crippen LogP contribution is -2.46. The molecule has 1 rings (SSSR count). The minimum Gasteiger partial charge on any atom is -0.480 e. The zero-order valence-corrected chi connectivity index (χ0v) is 11.7. The molecular weight excluding hydrogens is 263 g/mol. The first-order valence-electron chi connectivity index (χ1n) is 6.30. The lowest BCUT2D eigenvalue weighted by Gasteiger charge is -2.19. The second kappa shape index (κ2) is 7.00. The first-order chi connectivity index (χ1) is 9.31. The molecule has 1 aromatic carbocycles. The second-order valence-corrected chi connectivity index (χ2v) is 4.73. The van der Waals surface area contributed by atoms with E-state index in [1.807, 2.05) is 0 Å². The van der Waals surface area contributed by atoms with E-state index in [9.17, 15) is 14.0 Å². The topological polar surface area (TPSA) is 78.4 Å². The number of carbonyl (C=O) groups excluding carboxylic acids is 1. The van der Waals surface area contributed by atoms with E-state index in [0.717, 1.165) is 5.56 Å². The van der Waals surface area contributed by atoms with Crippen LogP contribution in [-0.2, 0) is 9.59 Å². The first-order valence-corrected chi connectivity index (χ1v) is 6.30. The van der Waals surface area contributed by atoms with Crippen molar-refractivity contribution in [1.29, 1.82) is 0 Å². The van der Waals surface area contributed by atoms with Gasteiger partial charge in [0.15, 0.2) is 0 Å². The average molecular weight is 282 g/mol. The van der Waals surface area contributed by atoms with E-state index in [1.54, 1.807) is 26.0 Å². The number of hydrogen-bond donors (Lipinski definition) is 3. The molecule has 1 aromatic rings. The Hall–Kier alpha value is -1.95. The third-order valence-corrected chi connectivity index (χ3v) is 3.00. The average Bonchev–Trinajstić information content (AvgIpc) is 2.36. The Morgan fingerprint density at radius 3 is 2.55 bits per heavy atom. The van der Waals surface area contributed by atoms with Crippen molar-refractivity contribution in [3.63, 3.8) is 0 Å². The summed E-state index contributed by atoms with van der Waals surface area (Å²) in [6.45, 7) is 4.80. The van der Waals surface area contributed by atoms with Crippen LogP contribution in [0.1, 0.15) is 31.0 Å². The Balaban J connectivity index is 2.64. The van der Waals surface area contributed by atoms with Gasteiger partial charge in [-0.2, -0.15) is 0 Å². The number of halogens is 1. The third-order valence-electron chi connectivity index (χ3n) is 3.00. The smallest absolute Gasteiger partial charge is 0.327 e. The van der Waals surface area contributed by atoms with Crippen LogP contribution in [0.2, 0.25) is 0 Å². The van der Waals surface area contributed by atoms with Crippen LogP contribution in [-0.4, -0.2) is 29.6 Å². The molecule has 0 aliphatic rings. The third kappa shape index (κ3) is 4.62. The molecule has 0 heterocycles. The Morgan fingerprint density at radius 1 is 1.40 bits per heavy atom. The van der Waals surface area contributed by atoms with Crippen LogP contribution < -0.4 is 10.6 Å². The van der Waals surface area contributed by atoms with E-state index in [2.05, 4.69) is 10.6 Å². The maximum atomic E-state index is 13.5. The molecule has 0 saturated heterocycles. The predicted molar refractivity (Wildman–Crippen MR) is 72.8 cm³/mol. The monoisotopic (exact) mass is 282 g/mol. The zero-order chi connectivity index (χ0) is 15.3. The summed E-state index contributed by atoms with van der Waals surface area (Å²) in [5.74, 6) is -1.82. The molecule has 1 amide bonds. The van der Waals surface area contributed by atoms with Gasteiger partial charge in [0.1, 0.15) is 11.9 Å². The van der Waals surface area contributed by atoms with Crippen molar-refractivity contribution in [3.8, 4) is 0 Å². The Morgan fingerprint density at radius 2 is 2.05 bits per heavy atom. The lowest BCUT2D eigenvalue weighted by atomic mass is 10.1. The number of aryl methyl sites for hydroxylation is 1. The number of rotatable bonds is 6. The molecule has 0 bridgehead atoms. The molecule has 2 atom stereocenters. The fourth-order valence-electron chi connectivity index (χ4n) is 1.74. The Labute approximate surface area is 117 Å². The molecule has 0 aliphatic heterocycles. The van der Waals surface area contributed by atoms with Crippen molar-refractivity contribution in [3.05, 3.63) is 35.1 Å². The summed E-state index contributed by atoms with van der Waals surface area (Å²) in [6.07, 6.45) is 0. The van der Waals surface area contributed by atoms with Gasteiger partial charge in [-0.05, 0) is 31.0 Å². The highest BCUT2D eigenvalue weighted by Crippen LogP contribution is 2.16. The van der Waals surface area contributed by atoms with Gasteiger partial charge in [-0.25, -0.2) is 9.18 Å². The van der Waals surface area contributed by atoms with Crippen molar-refractivity contribution in [2.24, 2.45) is 0 Å². The van der Waals surface area contributed by atoms with Crippen LogP contribution >= 0.6 is 0 Å². The maximum Gasteiger partial charge on any atom is 0.327 e. The number of amides is 1. The number of hydrogen-bond acceptors (Lipinski definition) is 3. The molecule has 0 spiro atoms. The van der Waals surface area contributed by atoms with Gasteiger partial charge in [-0.1, -0.05) is 12.1 Å². The molecule has 0 fully saturated rings. The highest BCUT2D eigenvalue weighted by atomic mass is 19.1. The van der Waals surface area contributed by atoms with Gasteiger partial charge >= 0.3 is 5.97 Å². The van der Waals surface area contributed by atoms with Crippen LogP contribution in [0, 0.1) is 12.7 Å². The number of carbonyl (C=O) groups is 2. The lowest BCUT2D eigenvalue weighted by molar-refractivity contribution is -0.141. The van der Waals surface area contributed by atoms with Crippen LogP contribution in [0.4, 0.5) is 4.39 Å². The Kier molecular flexibility index (Phi) is 5.64. The van der Waals surface area contributed by atoms with Gasteiger partial charge in [-0.15, -0.1) is 0 Å². The van der Waals surface area contributed by atoms with Crippen molar-refractivity contribution < 1.29 is 19.1 Å². The van der Waals surface area contributed by atoms with E-state index >= 15 is 0 Å². The van der Waals surface area contributed by atoms with Crippen molar-refractivity contribution >= 4 is 11.9 Å². The molecule has 2 unspecified atom stereocenters. The molecule has 0 radical (unpaired) electrons. The molecular formula is C14H19FN2O3. The highest BCUT2D eigenvalue weighted by molar-refractivity contribution is 5.82. The molecule has 20 heavy (non-hydrogen) atoms. The minimum absolute atomic E-state index is 0.0611. The van der Waals surface area contributed by atoms with Crippen LogP contribution in [0.5, 0.6) is 0 Å². The SMILES string of the molecule is CC(=O)NC(CNC(C)c1ccc(C)c(F)c1)C(=O)O. The molecule has 0 aromatic heterocycles. The van der Waals surface area contributed by atoms with Crippen molar-refractivity contribution in [2.45, 2.75) is 32.9 Å². The van der Waals surface area contributed by atoms with E-state index in [1.165, 1.54) is 13.0 Å². The molecule has 0 saturated carbocycles. The van der Waals surface area contributed by atoms with Gasteiger partial charge < -0.3 is 15.7 Å². The molecule has 110 valence electrons. The number of aliphatic carboxylic acids is 1. The van der Waals surface area contributed by atoms with Crippen LogP contribution in [0.15, 0.2) is 18.2 Å². The molecule has 5 nitrogen and oxygen atoms in total. The van der Waals surface area contributed by atoms with Gasteiger partial charge in [0, 0.05) is 19.5 Å². The normalized spacial score (nSPS) is 13.6.